The quantitative estimate of drug-likeness (QED) is 0.488. The molecule has 4 rings (SSSR count). The molecular weight excluding hydrogens is 276 g/mol. The fourth-order valence-electron chi connectivity index (χ4n) is 2.09. The van der Waals surface area contributed by atoms with E-state index in [1.54, 1.807) is 11.3 Å². The molecule has 0 fully saturated rings. The summed E-state index contributed by atoms with van der Waals surface area (Å²) >= 11 is 3.17. The summed E-state index contributed by atoms with van der Waals surface area (Å²) in [6.45, 7) is 0. The van der Waals surface area contributed by atoms with Crippen molar-refractivity contribution < 1.29 is 9.21 Å². The molecule has 2 nitrogen and oxygen atoms in total. The van der Waals surface area contributed by atoms with Crippen molar-refractivity contribution in [2.45, 2.75) is 0 Å². The Labute approximate surface area is 116 Å². The normalized spacial score (nSPS) is 11.4. The van der Waals surface area contributed by atoms with Crippen molar-refractivity contribution in [2.75, 3.05) is 0 Å². The van der Waals surface area contributed by atoms with Crippen LogP contribution in [0, 0.1) is 0 Å². The molecule has 4 heteroatoms. The summed E-state index contributed by atoms with van der Waals surface area (Å²) < 4.78 is 7.93. The van der Waals surface area contributed by atoms with Crippen LogP contribution in [0.25, 0.3) is 20.4 Å². The fourth-order valence-corrected chi connectivity index (χ4v) is 4.15. The van der Waals surface area contributed by atoms with Gasteiger partial charge in [0.1, 0.15) is 5.58 Å². The van der Waals surface area contributed by atoms with E-state index in [2.05, 4.69) is 0 Å². The van der Waals surface area contributed by atoms with Crippen LogP contribution in [0.15, 0.2) is 52.3 Å². The van der Waals surface area contributed by atoms with E-state index >= 15 is 0 Å². The number of fused-ring (bicyclic) bond motifs is 2. The van der Waals surface area contributed by atoms with Crippen molar-refractivity contribution in [2.24, 2.45) is 0 Å². The monoisotopic (exact) mass is 284 g/mol. The Morgan fingerprint density at radius 1 is 1.05 bits per heavy atom. The molecule has 0 aliphatic carbocycles. The van der Waals surface area contributed by atoms with E-state index in [0.29, 0.717) is 5.76 Å². The van der Waals surface area contributed by atoms with Gasteiger partial charge in [-0.25, -0.2) is 0 Å². The van der Waals surface area contributed by atoms with Gasteiger partial charge < -0.3 is 4.42 Å². The Bertz CT molecular complexity index is 833. The number of hydrogen-bond donors (Lipinski definition) is 0. The fraction of sp³-hybridized carbons (Fsp3) is 0. The van der Waals surface area contributed by atoms with Crippen LogP contribution < -0.4 is 0 Å². The average molecular weight is 284 g/mol. The number of rotatable bonds is 2. The first-order chi connectivity index (χ1) is 9.31. The Hall–Kier alpha value is -1.91. The zero-order chi connectivity index (χ0) is 12.8. The molecule has 4 aromatic rings. The van der Waals surface area contributed by atoms with Crippen LogP contribution in [0.3, 0.4) is 0 Å². The maximum Gasteiger partial charge on any atom is 0.238 e. The molecule has 0 unspecified atom stereocenters. The first-order valence-electron chi connectivity index (χ1n) is 5.81. The zero-order valence-corrected chi connectivity index (χ0v) is 11.4. The van der Waals surface area contributed by atoms with Crippen LogP contribution in [0.5, 0.6) is 0 Å². The maximum absolute atomic E-state index is 12.4. The van der Waals surface area contributed by atoms with Gasteiger partial charge in [-0.2, -0.15) is 0 Å². The average Bonchev–Trinajstić information content (AvgIpc) is 3.10. The van der Waals surface area contributed by atoms with Gasteiger partial charge in [-0.3, -0.25) is 4.79 Å². The van der Waals surface area contributed by atoms with Crippen LogP contribution in [0.4, 0.5) is 0 Å². The lowest BCUT2D eigenvalue weighted by molar-refractivity contribution is 0.101. The summed E-state index contributed by atoms with van der Waals surface area (Å²) in [6.07, 6.45) is 0. The summed E-state index contributed by atoms with van der Waals surface area (Å²) in [4.78, 5) is 13.1. The Kier molecular flexibility index (Phi) is 2.33. The smallest absolute Gasteiger partial charge is 0.238 e. The molecule has 92 valence electrons. The molecular formula is C15H8O2S2. The lowest BCUT2D eigenvalue weighted by Crippen LogP contribution is -1.95. The molecule has 19 heavy (non-hydrogen) atoms. The SMILES string of the molecule is O=C(c1cc2ccccc2o1)c1cc2sccc2s1. The highest BCUT2D eigenvalue weighted by atomic mass is 32.1. The lowest BCUT2D eigenvalue weighted by atomic mass is 10.2. The first kappa shape index (κ1) is 11.0. The second-order valence-corrected chi connectivity index (χ2v) is 6.27. The Morgan fingerprint density at radius 2 is 1.95 bits per heavy atom. The van der Waals surface area contributed by atoms with E-state index in [0.717, 1.165) is 25.2 Å². The summed E-state index contributed by atoms with van der Waals surface area (Å²) in [5.74, 6) is 0.375. The molecule has 3 heterocycles. The van der Waals surface area contributed by atoms with Gasteiger partial charge in [-0.1, -0.05) is 18.2 Å². The van der Waals surface area contributed by atoms with Crippen molar-refractivity contribution >= 4 is 48.8 Å². The van der Waals surface area contributed by atoms with Crippen LogP contribution in [-0.4, -0.2) is 5.78 Å². The second-order valence-electron chi connectivity index (χ2n) is 4.24. The summed E-state index contributed by atoms with van der Waals surface area (Å²) in [6, 6.07) is 13.5. The van der Waals surface area contributed by atoms with Crippen molar-refractivity contribution in [3.63, 3.8) is 0 Å². The van der Waals surface area contributed by atoms with Gasteiger partial charge in [0, 0.05) is 14.8 Å². The van der Waals surface area contributed by atoms with E-state index in [1.807, 2.05) is 47.8 Å². The molecule has 0 atom stereocenters. The number of ketones is 1. The molecule has 1 aromatic carbocycles. The maximum atomic E-state index is 12.4. The number of benzene rings is 1. The predicted octanol–water partition coefficient (Wildman–Crippen LogP) is 4.94. The number of para-hydroxylation sites is 1. The van der Waals surface area contributed by atoms with Crippen molar-refractivity contribution in [1.29, 1.82) is 0 Å². The second kappa shape index (κ2) is 4.05. The predicted molar refractivity (Wildman–Crippen MR) is 79.3 cm³/mol. The van der Waals surface area contributed by atoms with Crippen LogP contribution in [0.1, 0.15) is 15.4 Å². The first-order valence-corrected chi connectivity index (χ1v) is 7.51. The van der Waals surface area contributed by atoms with E-state index in [-0.39, 0.29) is 5.78 Å². The van der Waals surface area contributed by atoms with Crippen LogP contribution in [-0.2, 0) is 0 Å². The topological polar surface area (TPSA) is 30.2 Å². The van der Waals surface area contributed by atoms with Crippen molar-refractivity contribution in [3.05, 3.63) is 58.5 Å². The van der Waals surface area contributed by atoms with Gasteiger partial charge in [-0.15, -0.1) is 22.7 Å². The van der Waals surface area contributed by atoms with E-state index < -0.39 is 0 Å². The van der Waals surface area contributed by atoms with Gasteiger partial charge >= 0.3 is 0 Å². The molecule has 0 N–H and O–H groups in total. The highest BCUT2D eigenvalue weighted by Gasteiger charge is 2.17. The number of hydrogen-bond acceptors (Lipinski definition) is 4. The van der Waals surface area contributed by atoms with E-state index in [9.17, 15) is 4.79 Å². The van der Waals surface area contributed by atoms with Gasteiger partial charge in [0.05, 0.1) is 4.88 Å². The molecule has 0 saturated heterocycles. The van der Waals surface area contributed by atoms with E-state index in [4.69, 9.17) is 4.42 Å². The minimum absolute atomic E-state index is 0.0374. The number of carbonyl (C=O) groups is 1. The third kappa shape index (κ3) is 1.72. The lowest BCUT2D eigenvalue weighted by Gasteiger charge is -1.90. The van der Waals surface area contributed by atoms with Gasteiger partial charge in [0.15, 0.2) is 5.76 Å². The third-order valence-corrected chi connectivity index (χ3v) is 5.10. The molecule has 3 aromatic heterocycles. The van der Waals surface area contributed by atoms with Gasteiger partial charge in [0.2, 0.25) is 5.78 Å². The molecule has 0 saturated carbocycles. The third-order valence-electron chi connectivity index (χ3n) is 3.01. The minimum atomic E-state index is -0.0374. The minimum Gasteiger partial charge on any atom is -0.453 e. The number of furan rings is 1. The Balaban J connectivity index is 1.82. The highest BCUT2D eigenvalue weighted by Crippen LogP contribution is 2.32. The summed E-state index contributed by atoms with van der Waals surface area (Å²) in [7, 11) is 0. The molecule has 0 aliphatic rings. The molecule has 0 amide bonds. The number of carbonyl (C=O) groups excluding carboxylic acids is 1. The largest absolute Gasteiger partial charge is 0.453 e. The van der Waals surface area contributed by atoms with E-state index in [1.165, 1.54) is 11.3 Å². The number of thiophene rings is 2. The highest BCUT2D eigenvalue weighted by molar-refractivity contribution is 7.28. The van der Waals surface area contributed by atoms with Crippen molar-refractivity contribution in [1.82, 2.24) is 0 Å². The molecule has 0 aliphatic heterocycles. The molecule has 0 bridgehead atoms. The summed E-state index contributed by atoms with van der Waals surface area (Å²) in [5, 5.41) is 3.00. The van der Waals surface area contributed by atoms with Crippen molar-refractivity contribution in [3.8, 4) is 0 Å². The van der Waals surface area contributed by atoms with Crippen LogP contribution in [0.2, 0.25) is 0 Å². The zero-order valence-electron chi connectivity index (χ0n) is 9.75. The summed E-state index contributed by atoms with van der Waals surface area (Å²) in [5.41, 5.74) is 0.754. The molecule has 0 spiro atoms. The Morgan fingerprint density at radius 3 is 2.79 bits per heavy atom. The van der Waals surface area contributed by atoms with Gasteiger partial charge in [0.25, 0.3) is 0 Å². The van der Waals surface area contributed by atoms with Crippen LogP contribution >= 0.6 is 22.7 Å². The molecule has 0 radical (unpaired) electrons. The van der Waals surface area contributed by atoms with Gasteiger partial charge in [-0.05, 0) is 29.6 Å². The standard InChI is InChI=1S/C15H8O2S2/c16-15(14-8-13-12(19-14)5-6-18-13)11-7-9-3-1-2-4-10(9)17-11/h1-8H.